The number of nitro groups is 1. The molecule has 1 N–H and O–H groups in total. The zero-order valence-corrected chi connectivity index (χ0v) is 10.1. The van der Waals surface area contributed by atoms with Crippen LogP contribution < -0.4 is 4.90 Å². The van der Waals surface area contributed by atoms with Crippen molar-refractivity contribution in [2.45, 2.75) is 6.42 Å². The number of para-hydroxylation sites is 1. The van der Waals surface area contributed by atoms with Crippen molar-refractivity contribution >= 4 is 28.9 Å². The van der Waals surface area contributed by atoms with Gasteiger partial charge in [-0.3, -0.25) is 14.9 Å². The van der Waals surface area contributed by atoms with Gasteiger partial charge in [-0.2, -0.15) is 0 Å². The minimum Gasteiger partial charge on any atom is -0.505 e. The monoisotopic (exact) mass is 270 g/mol. The Morgan fingerprint density at radius 3 is 2.83 bits per heavy atom. The van der Waals surface area contributed by atoms with Crippen molar-refractivity contribution in [1.82, 2.24) is 0 Å². The van der Waals surface area contributed by atoms with Gasteiger partial charge in [0.15, 0.2) is 5.69 Å². The Morgan fingerprint density at radius 1 is 1.56 bits per heavy atom. The van der Waals surface area contributed by atoms with E-state index in [-0.39, 0.29) is 35.4 Å². The van der Waals surface area contributed by atoms with E-state index in [0.29, 0.717) is 12.4 Å². The third-order valence-electron chi connectivity index (χ3n) is 2.88. The van der Waals surface area contributed by atoms with E-state index in [2.05, 4.69) is 0 Å². The van der Waals surface area contributed by atoms with Crippen molar-refractivity contribution < 1.29 is 14.8 Å². The fourth-order valence-electron chi connectivity index (χ4n) is 2.04. The molecule has 1 aliphatic heterocycles. The third-order valence-corrected chi connectivity index (χ3v) is 3.32. The average molecular weight is 271 g/mol. The van der Waals surface area contributed by atoms with E-state index < -0.39 is 4.92 Å². The lowest BCUT2D eigenvalue weighted by atomic mass is 10.1. The summed E-state index contributed by atoms with van der Waals surface area (Å²) in [5.41, 5.74) is -0.321. The number of aromatic hydroxyl groups is 1. The molecule has 96 valence electrons. The van der Waals surface area contributed by atoms with Crippen LogP contribution in [-0.4, -0.2) is 28.4 Å². The summed E-state index contributed by atoms with van der Waals surface area (Å²) in [6.45, 7) is 0.292. The Kier molecular flexibility index (Phi) is 3.38. The van der Waals surface area contributed by atoms with Crippen LogP contribution >= 0.6 is 11.6 Å². The first-order valence-electron chi connectivity index (χ1n) is 5.37. The number of rotatable bonds is 3. The molecule has 1 heterocycles. The molecule has 1 unspecified atom stereocenters. The molecule has 1 aromatic rings. The minimum atomic E-state index is -0.615. The molecule has 1 atom stereocenters. The number of anilines is 1. The molecule has 1 aliphatic rings. The van der Waals surface area contributed by atoms with E-state index in [1.807, 2.05) is 0 Å². The number of hydrogen-bond donors (Lipinski definition) is 1. The predicted octanol–water partition coefficient (Wildman–Crippen LogP) is 1.89. The van der Waals surface area contributed by atoms with E-state index in [9.17, 15) is 20.0 Å². The van der Waals surface area contributed by atoms with Gasteiger partial charge in [-0.15, -0.1) is 11.6 Å². The standard InChI is InChI=1S/C11H11ClN2O4/c12-5-7-4-10(16)13(6-7)11-8(14(17)18)2-1-3-9(11)15/h1-3,7,15H,4-6H2. The fourth-order valence-corrected chi connectivity index (χ4v) is 2.25. The second kappa shape index (κ2) is 4.81. The van der Waals surface area contributed by atoms with Crippen LogP contribution in [0.25, 0.3) is 0 Å². The molecule has 1 amide bonds. The highest BCUT2D eigenvalue weighted by molar-refractivity contribution is 6.18. The highest BCUT2D eigenvalue weighted by Gasteiger charge is 2.35. The van der Waals surface area contributed by atoms with E-state index in [1.165, 1.54) is 23.1 Å². The van der Waals surface area contributed by atoms with Crippen molar-refractivity contribution in [2.75, 3.05) is 17.3 Å². The van der Waals surface area contributed by atoms with Gasteiger partial charge < -0.3 is 10.0 Å². The number of nitrogens with zero attached hydrogens (tertiary/aromatic N) is 2. The summed E-state index contributed by atoms with van der Waals surface area (Å²) >= 11 is 5.69. The summed E-state index contributed by atoms with van der Waals surface area (Å²) in [7, 11) is 0. The molecular weight excluding hydrogens is 260 g/mol. The van der Waals surface area contributed by atoms with E-state index >= 15 is 0 Å². The van der Waals surface area contributed by atoms with Crippen LogP contribution in [0.5, 0.6) is 5.75 Å². The van der Waals surface area contributed by atoms with Crippen LogP contribution in [0.4, 0.5) is 11.4 Å². The van der Waals surface area contributed by atoms with Crippen LogP contribution in [0, 0.1) is 16.0 Å². The number of phenolic OH excluding ortho intramolecular Hbond substituents is 1. The van der Waals surface area contributed by atoms with Gasteiger partial charge in [0, 0.05) is 24.9 Å². The second-order valence-corrected chi connectivity index (χ2v) is 4.44. The molecule has 2 rings (SSSR count). The van der Waals surface area contributed by atoms with Gasteiger partial charge in [-0.05, 0) is 12.0 Å². The Bertz CT molecular complexity index is 506. The number of alkyl halides is 1. The van der Waals surface area contributed by atoms with Crippen molar-refractivity contribution in [1.29, 1.82) is 0 Å². The Balaban J connectivity index is 2.45. The van der Waals surface area contributed by atoms with Crippen molar-refractivity contribution in [3.63, 3.8) is 0 Å². The van der Waals surface area contributed by atoms with Crippen LogP contribution in [0.1, 0.15) is 6.42 Å². The van der Waals surface area contributed by atoms with Crippen LogP contribution in [-0.2, 0) is 4.79 Å². The topological polar surface area (TPSA) is 83.7 Å². The number of halogens is 1. The quantitative estimate of drug-likeness (QED) is 0.516. The van der Waals surface area contributed by atoms with Gasteiger partial charge in [0.2, 0.25) is 5.91 Å². The fraction of sp³-hybridized carbons (Fsp3) is 0.364. The van der Waals surface area contributed by atoms with Crippen molar-refractivity contribution in [2.24, 2.45) is 5.92 Å². The number of carbonyl (C=O) groups is 1. The first kappa shape index (κ1) is 12.6. The summed E-state index contributed by atoms with van der Waals surface area (Å²) in [4.78, 5) is 23.3. The Labute approximate surface area is 108 Å². The summed E-state index contributed by atoms with van der Waals surface area (Å²) in [6, 6.07) is 3.95. The lowest BCUT2D eigenvalue weighted by Gasteiger charge is -2.17. The number of phenols is 1. The maximum atomic E-state index is 11.8. The largest absolute Gasteiger partial charge is 0.505 e. The third kappa shape index (κ3) is 2.11. The molecule has 0 aliphatic carbocycles. The highest BCUT2D eigenvalue weighted by atomic mass is 35.5. The molecule has 0 radical (unpaired) electrons. The maximum Gasteiger partial charge on any atom is 0.296 e. The van der Waals surface area contributed by atoms with Crippen molar-refractivity contribution in [3.8, 4) is 5.75 Å². The number of benzene rings is 1. The number of nitro benzene ring substituents is 1. The van der Waals surface area contributed by atoms with Crippen LogP contribution in [0.2, 0.25) is 0 Å². The zero-order chi connectivity index (χ0) is 13.3. The number of hydrogen-bond acceptors (Lipinski definition) is 4. The molecular formula is C11H11ClN2O4. The lowest BCUT2D eigenvalue weighted by Crippen LogP contribution is -2.25. The summed E-state index contributed by atoms with van der Waals surface area (Å²) in [6.07, 6.45) is 0.245. The summed E-state index contributed by atoms with van der Waals surface area (Å²) in [5, 5.41) is 20.7. The minimum absolute atomic E-state index is 0.0416. The van der Waals surface area contributed by atoms with Gasteiger partial charge in [0.1, 0.15) is 5.75 Å². The average Bonchev–Trinajstić information content (AvgIpc) is 2.70. The summed E-state index contributed by atoms with van der Waals surface area (Å²) < 4.78 is 0. The zero-order valence-electron chi connectivity index (χ0n) is 9.38. The SMILES string of the molecule is O=C1CC(CCl)CN1c1c(O)cccc1[N+](=O)[O-]. The molecule has 7 heteroatoms. The maximum absolute atomic E-state index is 11.8. The Hall–Kier alpha value is -1.82. The predicted molar refractivity (Wildman–Crippen MR) is 65.9 cm³/mol. The molecule has 18 heavy (non-hydrogen) atoms. The smallest absolute Gasteiger partial charge is 0.296 e. The van der Waals surface area contributed by atoms with Gasteiger partial charge in [-0.25, -0.2) is 0 Å². The molecule has 1 aromatic carbocycles. The van der Waals surface area contributed by atoms with E-state index in [1.54, 1.807) is 0 Å². The molecule has 0 aromatic heterocycles. The molecule has 1 fully saturated rings. The Morgan fingerprint density at radius 2 is 2.28 bits per heavy atom. The first-order chi connectivity index (χ1) is 8.54. The number of carbonyl (C=O) groups excluding carboxylic acids is 1. The van der Waals surface area contributed by atoms with Crippen LogP contribution in [0.3, 0.4) is 0 Å². The normalized spacial score (nSPS) is 19.3. The summed E-state index contributed by atoms with van der Waals surface area (Å²) in [5.74, 6) is -0.264. The van der Waals surface area contributed by atoms with Gasteiger partial charge >= 0.3 is 0 Å². The molecule has 1 saturated heterocycles. The van der Waals surface area contributed by atoms with Gasteiger partial charge in [-0.1, -0.05) is 6.07 Å². The lowest BCUT2D eigenvalue weighted by molar-refractivity contribution is -0.384. The highest BCUT2D eigenvalue weighted by Crippen LogP contribution is 2.39. The van der Waals surface area contributed by atoms with E-state index in [0.717, 1.165) is 0 Å². The van der Waals surface area contributed by atoms with Crippen molar-refractivity contribution in [3.05, 3.63) is 28.3 Å². The van der Waals surface area contributed by atoms with Gasteiger partial charge in [0.05, 0.1) is 4.92 Å². The molecule has 0 bridgehead atoms. The van der Waals surface area contributed by atoms with E-state index in [4.69, 9.17) is 11.6 Å². The molecule has 6 nitrogen and oxygen atoms in total. The number of amides is 1. The molecule has 0 saturated carbocycles. The molecule has 0 spiro atoms. The second-order valence-electron chi connectivity index (χ2n) is 4.13. The van der Waals surface area contributed by atoms with Crippen LogP contribution in [0.15, 0.2) is 18.2 Å². The first-order valence-corrected chi connectivity index (χ1v) is 5.90. The van der Waals surface area contributed by atoms with Gasteiger partial charge in [0.25, 0.3) is 5.69 Å².